The van der Waals surface area contributed by atoms with E-state index in [1.165, 1.54) is 0 Å². The van der Waals surface area contributed by atoms with E-state index >= 15 is 0 Å². The molecule has 1 aliphatic carbocycles. The van der Waals surface area contributed by atoms with Crippen LogP contribution in [0.2, 0.25) is 0 Å². The minimum absolute atomic E-state index is 0.204. The van der Waals surface area contributed by atoms with Crippen molar-refractivity contribution in [2.75, 3.05) is 5.73 Å². The van der Waals surface area contributed by atoms with Crippen molar-refractivity contribution in [1.82, 2.24) is 4.98 Å². The monoisotopic (exact) mass is 234 g/mol. The molecule has 1 aromatic heterocycles. The molecule has 1 saturated carbocycles. The molecular weight excluding hydrogens is 216 g/mol. The second-order valence-electron chi connectivity index (χ2n) is 4.71. The van der Waals surface area contributed by atoms with Crippen molar-refractivity contribution in [3.63, 3.8) is 0 Å². The first-order valence-electron chi connectivity index (χ1n) is 6.11. The lowest BCUT2D eigenvalue weighted by atomic mass is 9.86. The predicted molar refractivity (Wildman–Crippen MR) is 65.6 cm³/mol. The van der Waals surface area contributed by atoms with Crippen molar-refractivity contribution < 1.29 is 9.90 Å². The Morgan fingerprint density at radius 2 is 1.94 bits per heavy atom. The van der Waals surface area contributed by atoms with E-state index in [4.69, 9.17) is 5.73 Å². The van der Waals surface area contributed by atoms with Crippen LogP contribution in [0.5, 0.6) is 0 Å². The number of nitrogens with two attached hydrogens (primary N) is 1. The third kappa shape index (κ3) is 2.47. The van der Waals surface area contributed by atoms with Crippen molar-refractivity contribution in [1.29, 1.82) is 0 Å². The van der Waals surface area contributed by atoms with Crippen LogP contribution in [0.3, 0.4) is 0 Å². The summed E-state index contributed by atoms with van der Waals surface area (Å²) in [4.78, 5) is 16.2. The summed E-state index contributed by atoms with van der Waals surface area (Å²) in [6, 6.07) is 3.30. The lowest BCUT2D eigenvalue weighted by Gasteiger charge is -2.25. The first-order valence-corrected chi connectivity index (χ1v) is 6.11. The highest BCUT2D eigenvalue weighted by Crippen LogP contribution is 2.31. The lowest BCUT2D eigenvalue weighted by molar-refractivity contribution is 0.0238. The number of Topliss-reactive ketones (excluding diaryl/α,β-unsaturated/α-hetero) is 1. The van der Waals surface area contributed by atoms with Crippen LogP contribution in [0.4, 0.5) is 5.82 Å². The van der Waals surface area contributed by atoms with Crippen molar-refractivity contribution in [3.8, 4) is 0 Å². The first kappa shape index (κ1) is 12.0. The van der Waals surface area contributed by atoms with Crippen LogP contribution < -0.4 is 5.73 Å². The van der Waals surface area contributed by atoms with Crippen LogP contribution in [0, 0.1) is 0 Å². The quantitative estimate of drug-likeness (QED) is 0.605. The van der Waals surface area contributed by atoms with Gasteiger partial charge in [0, 0.05) is 6.20 Å². The Kier molecular flexibility index (Phi) is 3.43. The van der Waals surface area contributed by atoms with Gasteiger partial charge in [0.15, 0.2) is 5.78 Å². The molecule has 4 nitrogen and oxygen atoms in total. The van der Waals surface area contributed by atoms with E-state index in [1.54, 1.807) is 18.3 Å². The number of carbonyl (C=O) groups excluding carboxylic acids is 1. The average Bonchev–Trinajstić information content (AvgIpc) is 2.55. The maximum Gasteiger partial charge on any atom is 0.198 e. The SMILES string of the molecule is Nc1ncccc1C(=O)C1(O)CCCCCC1. The van der Waals surface area contributed by atoms with E-state index in [1.807, 2.05) is 0 Å². The zero-order valence-corrected chi connectivity index (χ0v) is 9.85. The van der Waals surface area contributed by atoms with Gasteiger partial charge in [-0.1, -0.05) is 25.7 Å². The number of hydrogen-bond donors (Lipinski definition) is 2. The van der Waals surface area contributed by atoms with E-state index in [-0.39, 0.29) is 11.6 Å². The molecule has 1 aromatic rings. The van der Waals surface area contributed by atoms with Crippen molar-refractivity contribution in [3.05, 3.63) is 23.9 Å². The number of nitrogen functional groups attached to an aromatic ring is 1. The summed E-state index contributed by atoms with van der Waals surface area (Å²) in [5.41, 5.74) is 4.78. The Morgan fingerprint density at radius 3 is 2.53 bits per heavy atom. The maximum atomic E-state index is 12.3. The van der Waals surface area contributed by atoms with Gasteiger partial charge in [-0.05, 0) is 25.0 Å². The van der Waals surface area contributed by atoms with E-state index in [2.05, 4.69) is 4.98 Å². The van der Waals surface area contributed by atoms with Crippen molar-refractivity contribution in [2.45, 2.75) is 44.1 Å². The number of aliphatic hydroxyl groups is 1. The number of nitrogens with zero attached hydrogens (tertiary/aromatic N) is 1. The number of anilines is 1. The second kappa shape index (κ2) is 4.84. The van der Waals surface area contributed by atoms with Gasteiger partial charge in [0.2, 0.25) is 0 Å². The number of hydrogen-bond acceptors (Lipinski definition) is 4. The molecule has 3 N–H and O–H groups in total. The maximum absolute atomic E-state index is 12.3. The molecule has 0 amide bonds. The van der Waals surface area contributed by atoms with Gasteiger partial charge in [-0.15, -0.1) is 0 Å². The third-order valence-electron chi connectivity index (χ3n) is 3.44. The van der Waals surface area contributed by atoms with E-state index in [9.17, 15) is 9.90 Å². The summed E-state index contributed by atoms with van der Waals surface area (Å²) in [7, 11) is 0. The van der Waals surface area contributed by atoms with Crippen LogP contribution in [0.25, 0.3) is 0 Å². The molecule has 17 heavy (non-hydrogen) atoms. The van der Waals surface area contributed by atoms with Crippen molar-refractivity contribution in [2.24, 2.45) is 0 Å². The first-order chi connectivity index (χ1) is 8.13. The fourth-order valence-corrected chi connectivity index (χ4v) is 2.40. The summed E-state index contributed by atoms with van der Waals surface area (Å²) in [5, 5.41) is 10.5. The topological polar surface area (TPSA) is 76.2 Å². The summed E-state index contributed by atoms with van der Waals surface area (Å²) in [6.07, 6.45) is 6.55. The predicted octanol–water partition coefficient (Wildman–Crippen LogP) is 1.93. The lowest BCUT2D eigenvalue weighted by Crippen LogP contribution is -2.38. The van der Waals surface area contributed by atoms with Crippen LogP contribution >= 0.6 is 0 Å². The van der Waals surface area contributed by atoms with Gasteiger partial charge in [-0.3, -0.25) is 4.79 Å². The highest BCUT2D eigenvalue weighted by atomic mass is 16.3. The van der Waals surface area contributed by atoms with E-state index < -0.39 is 5.60 Å². The molecule has 0 bridgehead atoms. The standard InChI is InChI=1S/C13H18N2O2/c14-12-10(6-5-9-15-12)11(16)13(17)7-3-1-2-4-8-13/h5-6,9,17H,1-4,7-8H2,(H2,14,15). The van der Waals surface area contributed by atoms with Gasteiger partial charge in [0.25, 0.3) is 0 Å². The highest BCUT2D eigenvalue weighted by molar-refractivity contribution is 6.05. The Hall–Kier alpha value is -1.42. The minimum Gasteiger partial charge on any atom is -0.383 e. The molecule has 1 heterocycles. The molecule has 0 aliphatic heterocycles. The number of carbonyl (C=O) groups is 1. The molecule has 92 valence electrons. The molecule has 0 spiro atoms. The summed E-state index contributed by atoms with van der Waals surface area (Å²) >= 11 is 0. The Morgan fingerprint density at radius 1 is 1.29 bits per heavy atom. The van der Waals surface area contributed by atoms with Gasteiger partial charge in [0.05, 0.1) is 5.56 Å². The second-order valence-corrected chi connectivity index (χ2v) is 4.71. The summed E-state index contributed by atoms with van der Waals surface area (Å²) in [6.45, 7) is 0. The van der Waals surface area contributed by atoms with Crippen molar-refractivity contribution >= 4 is 11.6 Å². The smallest absolute Gasteiger partial charge is 0.198 e. The number of aromatic nitrogens is 1. The highest BCUT2D eigenvalue weighted by Gasteiger charge is 2.37. The average molecular weight is 234 g/mol. The number of pyridine rings is 1. The number of ketones is 1. The third-order valence-corrected chi connectivity index (χ3v) is 3.44. The number of rotatable bonds is 2. The minimum atomic E-state index is -1.24. The van der Waals surface area contributed by atoms with Crippen LogP contribution in [-0.2, 0) is 0 Å². The van der Waals surface area contributed by atoms with Gasteiger partial charge < -0.3 is 10.8 Å². The van der Waals surface area contributed by atoms with Gasteiger partial charge in [-0.2, -0.15) is 0 Å². The van der Waals surface area contributed by atoms with Crippen LogP contribution in [-0.4, -0.2) is 21.5 Å². The largest absolute Gasteiger partial charge is 0.383 e. The normalized spacial score (nSPS) is 19.6. The molecule has 0 saturated heterocycles. The summed E-state index contributed by atoms with van der Waals surface area (Å²) < 4.78 is 0. The van der Waals surface area contributed by atoms with Crippen LogP contribution in [0.1, 0.15) is 48.9 Å². The summed E-state index contributed by atoms with van der Waals surface area (Å²) in [5.74, 6) is -0.0693. The Labute approximate surface area is 101 Å². The fourth-order valence-electron chi connectivity index (χ4n) is 2.40. The van der Waals surface area contributed by atoms with Crippen LogP contribution in [0.15, 0.2) is 18.3 Å². The molecule has 0 aromatic carbocycles. The molecule has 1 aliphatic rings. The molecular formula is C13H18N2O2. The van der Waals surface area contributed by atoms with E-state index in [0.717, 1.165) is 25.7 Å². The van der Waals surface area contributed by atoms with E-state index in [0.29, 0.717) is 18.4 Å². The molecule has 0 unspecified atom stereocenters. The Bertz CT molecular complexity index is 410. The molecule has 0 atom stereocenters. The van der Waals surface area contributed by atoms with Gasteiger partial charge in [-0.25, -0.2) is 4.98 Å². The molecule has 2 rings (SSSR count). The molecule has 1 fully saturated rings. The zero-order chi connectivity index (χ0) is 12.3. The Balaban J connectivity index is 2.27. The van der Waals surface area contributed by atoms with Gasteiger partial charge >= 0.3 is 0 Å². The fraction of sp³-hybridized carbons (Fsp3) is 0.538. The van der Waals surface area contributed by atoms with Gasteiger partial charge in [0.1, 0.15) is 11.4 Å². The molecule has 0 radical (unpaired) electrons. The molecule has 4 heteroatoms. The zero-order valence-electron chi connectivity index (χ0n) is 9.85.